The molecular formula is C21H25N3O2. The SMILES string of the molecule is Cc1nc2c3c(ccn2c1C)[C@@H](O)[C@H](OC(C)C)[C@@H](c1ccccc1)N3. The maximum Gasteiger partial charge on any atom is 0.161 e. The Morgan fingerprint density at radius 3 is 2.58 bits per heavy atom. The summed E-state index contributed by atoms with van der Waals surface area (Å²) in [4.78, 5) is 4.72. The molecule has 2 N–H and O–H groups in total. The molecule has 0 amide bonds. The number of aliphatic hydroxyl groups is 1. The number of aryl methyl sites for hydroxylation is 2. The number of hydrogen-bond donors (Lipinski definition) is 2. The van der Waals surface area contributed by atoms with Crippen LogP contribution < -0.4 is 5.32 Å². The van der Waals surface area contributed by atoms with Gasteiger partial charge in [-0.1, -0.05) is 30.3 Å². The summed E-state index contributed by atoms with van der Waals surface area (Å²) in [6, 6.07) is 12.0. The van der Waals surface area contributed by atoms with Crippen molar-refractivity contribution in [1.29, 1.82) is 0 Å². The van der Waals surface area contributed by atoms with Gasteiger partial charge in [-0.25, -0.2) is 4.98 Å². The van der Waals surface area contributed by atoms with E-state index in [0.717, 1.165) is 33.8 Å². The highest BCUT2D eigenvalue weighted by Gasteiger charge is 2.39. The highest BCUT2D eigenvalue weighted by molar-refractivity contribution is 5.75. The molecule has 5 nitrogen and oxygen atoms in total. The molecule has 26 heavy (non-hydrogen) atoms. The number of ether oxygens (including phenoxy) is 1. The lowest BCUT2D eigenvalue weighted by atomic mass is 9.88. The van der Waals surface area contributed by atoms with Gasteiger partial charge in [-0.15, -0.1) is 0 Å². The number of anilines is 1. The van der Waals surface area contributed by atoms with E-state index < -0.39 is 6.10 Å². The quantitative estimate of drug-likeness (QED) is 0.750. The van der Waals surface area contributed by atoms with Gasteiger partial charge in [-0.05, 0) is 39.3 Å². The monoisotopic (exact) mass is 351 g/mol. The van der Waals surface area contributed by atoms with Crippen LogP contribution >= 0.6 is 0 Å². The van der Waals surface area contributed by atoms with Gasteiger partial charge in [0.05, 0.1) is 23.5 Å². The van der Waals surface area contributed by atoms with E-state index in [1.165, 1.54) is 0 Å². The largest absolute Gasteiger partial charge is 0.386 e. The van der Waals surface area contributed by atoms with E-state index in [0.29, 0.717) is 0 Å². The van der Waals surface area contributed by atoms with Crippen LogP contribution in [0.3, 0.4) is 0 Å². The molecule has 136 valence electrons. The minimum atomic E-state index is -0.721. The van der Waals surface area contributed by atoms with Gasteiger partial charge in [0, 0.05) is 17.5 Å². The van der Waals surface area contributed by atoms with Gasteiger partial charge >= 0.3 is 0 Å². The Labute approximate surface area is 153 Å². The van der Waals surface area contributed by atoms with Gasteiger partial charge in [-0.3, -0.25) is 0 Å². The number of benzene rings is 1. The summed E-state index contributed by atoms with van der Waals surface area (Å²) in [6.07, 6.45) is 0.901. The second kappa shape index (κ2) is 6.41. The highest BCUT2D eigenvalue weighted by atomic mass is 16.5. The highest BCUT2D eigenvalue weighted by Crippen LogP contribution is 2.43. The fourth-order valence-electron chi connectivity index (χ4n) is 3.74. The van der Waals surface area contributed by atoms with E-state index in [9.17, 15) is 5.11 Å². The maximum atomic E-state index is 11.1. The molecule has 5 heteroatoms. The number of hydrogen-bond acceptors (Lipinski definition) is 4. The fourth-order valence-corrected chi connectivity index (χ4v) is 3.74. The van der Waals surface area contributed by atoms with Gasteiger partial charge in [0.25, 0.3) is 0 Å². The summed E-state index contributed by atoms with van der Waals surface area (Å²) in [7, 11) is 0. The van der Waals surface area contributed by atoms with Crippen LogP contribution in [-0.2, 0) is 4.74 Å². The van der Waals surface area contributed by atoms with E-state index >= 15 is 0 Å². The summed E-state index contributed by atoms with van der Waals surface area (Å²) in [5.74, 6) is 0. The van der Waals surface area contributed by atoms with Crippen LogP contribution in [0, 0.1) is 13.8 Å². The Hall–Kier alpha value is -2.37. The summed E-state index contributed by atoms with van der Waals surface area (Å²) in [5, 5.41) is 14.7. The van der Waals surface area contributed by atoms with E-state index in [1.54, 1.807) is 0 Å². The molecule has 4 rings (SSSR count). The number of fused-ring (bicyclic) bond motifs is 3. The molecule has 3 atom stereocenters. The van der Waals surface area contributed by atoms with Gasteiger partial charge in [0.2, 0.25) is 0 Å². The molecule has 0 radical (unpaired) electrons. The van der Waals surface area contributed by atoms with Crippen molar-refractivity contribution in [2.24, 2.45) is 0 Å². The van der Waals surface area contributed by atoms with Crippen molar-refractivity contribution < 1.29 is 9.84 Å². The lowest BCUT2D eigenvalue weighted by Gasteiger charge is -2.39. The van der Waals surface area contributed by atoms with E-state index in [1.807, 2.05) is 51.2 Å². The van der Waals surface area contributed by atoms with Crippen LogP contribution in [0.2, 0.25) is 0 Å². The number of nitrogens with zero attached hydrogens (tertiary/aromatic N) is 2. The van der Waals surface area contributed by atoms with Crippen molar-refractivity contribution in [3.05, 3.63) is 65.1 Å². The minimum absolute atomic E-state index is 0.0175. The number of aromatic nitrogens is 2. The average molecular weight is 351 g/mol. The summed E-state index contributed by atoms with van der Waals surface area (Å²) in [5.41, 5.74) is 5.75. The van der Waals surface area contributed by atoms with Gasteiger partial charge in [-0.2, -0.15) is 0 Å². The number of rotatable bonds is 3. The van der Waals surface area contributed by atoms with Crippen molar-refractivity contribution in [3.8, 4) is 0 Å². The topological polar surface area (TPSA) is 58.8 Å². The molecule has 0 saturated carbocycles. The molecule has 2 aromatic heterocycles. The zero-order valence-corrected chi connectivity index (χ0v) is 15.6. The van der Waals surface area contributed by atoms with Crippen LogP contribution in [0.25, 0.3) is 5.65 Å². The molecule has 1 aromatic carbocycles. The second-order valence-corrected chi connectivity index (χ2v) is 7.25. The molecule has 0 unspecified atom stereocenters. The third-order valence-electron chi connectivity index (χ3n) is 5.15. The van der Waals surface area contributed by atoms with Crippen LogP contribution in [-0.4, -0.2) is 26.7 Å². The predicted octanol–water partition coefficient (Wildman–Crippen LogP) is 3.94. The molecule has 1 aliphatic heterocycles. The second-order valence-electron chi connectivity index (χ2n) is 7.25. The van der Waals surface area contributed by atoms with Crippen molar-refractivity contribution in [2.75, 3.05) is 5.32 Å². The summed E-state index contributed by atoms with van der Waals surface area (Å²) in [6.45, 7) is 8.05. The molecule has 3 heterocycles. The Kier molecular flexibility index (Phi) is 4.21. The zero-order chi connectivity index (χ0) is 18.4. The molecule has 0 bridgehead atoms. The Balaban J connectivity index is 1.88. The third kappa shape index (κ3) is 2.68. The fraction of sp³-hybridized carbons (Fsp3) is 0.381. The van der Waals surface area contributed by atoms with Crippen molar-refractivity contribution in [1.82, 2.24) is 9.38 Å². The lowest BCUT2D eigenvalue weighted by molar-refractivity contribution is -0.0788. The van der Waals surface area contributed by atoms with Crippen molar-refractivity contribution >= 4 is 11.3 Å². The molecule has 0 aliphatic carbocycles. The molecule has 0 fully saturated rings. The number of aliphatic hydroxyl groups excluding tert-OH is 1. The number of pyridine rings is 1. The first-order chi connectivity index (χ1) is 12.5. The van der Waals surface area contributed by atoms with Crippen LogP contribution in [0.15, 0.2) is 42.6 Å². The number of nitrogens with one attached hydrogen (secondary N) is 1. The zero-order valence-electron chi connectivity index (χ0n) is 15.6. The first-order valence-electron chi connectivity index (χ1n) is 9.10. The van der Waals surface area contributed by atoms with E-state index in [-0.39, 0.29) is 18.2 Å². The first kappa shape index (κ1) is 17.1. The molecular weight excluding hydrogens is 326 g/mol. The minimum Gasteiger partial charge on any atom is -0.386 e. The molecule has 3 aromatic rings. The van der Waals surface area contributed by atoms with Crippen LogP contribution in [0.1, 0.15) is 48.5 Å². The Morgan fingerprint density at radius 2 is 1.88 bits per heavy atom. The number of imidazole rings is 1. The normalized spacial score (nSPS) is 22.5. The van der Waals surface area contributed by atoms with Gasteiger partial charge in [0.15, 0.2) is 5.65 Å². The summed E-state index contributed by atoms with van der Waals surface area (Å²) >= 11 is 0. The van der Waals surface area contributed by atoms with Crippen molar-refractivity contribution in [3.63, 3.8) is 0 Å². The van der Waals surface area contributed by atoms with Crippen LogP contribution in [0.5, 0.6) is 0 Å². The standard InChI is InChI=1S/C21H25N3O2/c1-12(2)26-20-17(15-8-6-5-7-9-15)23-18-16(19(20)25)10-11-24-14(4)13(3)22-21(18)24/h5-12,17,19-20,23,25H,1-4H3/t17-,19-,20-/m1/s1. The molecule has 1 aliphatic rings. The average Bonchev–Trinajstić information content (AvgIpc) is 2.92. The first-order valence-corrected chi connectivity index (χ1v) is 9.10. The third-order valence-corrected chi connectivity index (χ3v) is 5.15. The maximum absolute atomic E-state index is 11.1. The Morgan fingerprint density at radius 1 is 1.15 bits per heavy atom. The molecule has 0 spiro atoms. The van der Waals surface area contributed by atoms with Gasteiger partial charge in [0.1, 0.15) is 12.2 Å². The molecule has 0 saturated heterocycles. The van der Waals surface area contributed by atoms with E-state index in [4.69, 9.17) is 9.72 Å². The lowest BCUT2D eigenvalue weighted by Crippen LogP contribution is -2.39. The van der Waals surface area contributed by atoms with E-state index in [2.05, 4.69) is 28.8 Å². The predicted molar refractivity (Wildman–Crippen MR) is 102 cm³/mol. The summed E-state index contributed by atoms with van der Waals surface area (Å²) < 4.78 is 8.20. The van der Waals surface area contributed by atoms with Crippen LogP contribution in [0.4, 0.5) is 5.69 Å². The smallest absolute Gasteiger partial charge is 0.161 e. The van der Waals surface area contributed by atoms with Gasteiger partial charge < -0.3 is 19.6 Å². The Bertz CT molecular complexity index is 933. The van der Waals surface area contributed by atoms with Crippen molar-refractivity contribution in [2.45, 2.75) is 52.0 Å².